The first kappa shape index (κ1) is 16.4. The molecule has 5 rings (SSSR count). The Bertz CT molecular complexity index is 958. The van der Waals surface area contributed by atoms with Crippen molar-refractivity contribution in [1.29, 1.82) is 0 Å². The lowest BCUT2D eigenvalue weighted by Crippen LogP contribution is -2.46. The molecule has 1 N–H and O–H groups in total. The monoisotopic (exact) mass is 365 g/mol. The summed E-state index contributed by atoms with van der Waals surface area (Å²) in [6.45, 7) is 5.97. The molecule has 4 nitrogen and oxygen atoms in total. The van der Waals surface area contributed by atoms with Crippen LogP contribution in [0, 0.1) is 13.8 Å². The van der Waals surface area contributed by atoms with Crippen LogP contribution in [0.3, 0.4) is 0 Å². The van der Waals surface area contributed by atoms with Gasteiger partial charge in [0.05, 0.1) is 10.6 Å². The summed E-state index contributed by atoms with van der Waals surface area (Å²) in [5.74, 6) is 1.11. The van der Waals surface area contributed by atoms with Crippen LogP contribution in [0.4, 0.5) is 0 Å². The highest BCUT2D eigenvalue weighted by atomic mass is 32.1. The molecule has 0 radical (unpaired) electrons. The van der Waals surface area contributed by atoms with Gasteiger partial charge in [-0.1, -0.05) is 30.3 Å². The molecule has 1 aromatic carbocycles. The van der Waals surface area contributed by atoms with Crippen LogP contribution in [-0.4, -0.2) is 33.3 Å². The molecular weight excluding hydrogens is 342 g/mol. The van der Waals surface area contributed by atoms with Crippen molar-refractivity contribution in [3.05, 3.63) is 57.6 Å². The number of likely N-dealkylation sites (tertiary alicyclic amines) is 1. The van der Waals surface area contributed by atoms with Gasteiger partial charge in [-0.05, 0) is 49.3 Å². The summed E-state index contributed by atoms with van der Waals surface area (Å²) in [6, 6.07) is 10.6. The van der Waals surface area contributed by atoms with E-state index in [0.29, 0.717) is 11.8 Å². The van der Waals surface area contributed by atoms with E-state index in [2.05, 4.69) is 52.4 Å². The molecule has 134 valence electrons. The lowest BCUT2D eigenvalue weighted by molar-refractivity contribution is -0.0465. The van der Waals surface area contributed by atoms with Crippen LogP contribution in [0.15, 0.2) is 30.3 Å². The van der Waals surface area contributed by atoms with E-state index in [9.17, 15) is 5.11 Å². The zero-order chi connectivity index (χ0) is 17.8. The maximum absolute atomic E-state index is 11.1. The highest BCUT2D eigenvalue weighted by Gasteiger charge is 2.38. The minimum Gasteiger partial charge on any atom is -0.373 e. The molecular formula is C21H23N3OS. The quantitative estimate of drug-likeness (QED) is 0.750. The molecule has 0 spiro atoms. The van der Waals surface area contributed by atoms with E-state index in [-0.39, 0.29) is 0 Å². The Kier molecular flexibility index (Phi) is 3.85. The van der Waals surface area contributed by atoms with Crippen molar-refractivity contribution >= 4 is 21.6 Å². The molecule has 2 aromatic heterocycles. The summed E-state index contributed by atoms with van der Waals surface area (Å²) >= 11 is 1.63. The van der Waals surface area contributed by atoms with Gasteiger partial charge >= 0.3 is 0 Å². The Balaban J connectivity index is 1.46. The van der Waals surface area contributed by atoms with Crippen LogP contribution < -0.4 is 0 Å². The highest BCUT2D eigenvalue weighted by molar-refractivity contribution is 7.19. The summed E-state index contributed by atoms with van der Waals surface area (Å²) in [5, 5.41) is 21.1. The number of nitrogens with zero attached hydrogens (tertiary/aromatic N) is 3. The van der Waals surface area contributed by atoms with Crippen LogP contribution in [0.1, 0.15) is 58.2 Å². The first-order chi connectivity index (χ1) is 12.6. The molecule has 26 heavy (non-hydrogen) atoms. The highest BCUT2D eigenvalue weighted by Crippen LogP contribution is 2.51. The van der Waals surface area contributed by atoms with Crippen molar-refractivity contribution in [1.82, 2.24) is 15.1 Å². The fraction of sp³-hybridized carbons (Fsp3) is 0.429. The second-order valence-corrected chi connectivity index (χ2v) is 8.71. The smallest absolute Gasteiger partial charge is 0.147 e. The summed E-state index contributed by atoms with van der Waals surface area (Å²) in [4.78, 5) is 4.25. The number of fused-ring (bicyclic) bond motifs is 1. The number of rotatable bonds is 4. The van der Waals surface area contributed by atoms with Gasteiger partial charge in [-0.3, -0.25) is 4.90 Å². The second-order valence-electron chi connectivity index (χ2n) is 7.68. The van der Waals surface area contributed by atoms with Crippen molar-refractivity contribution in [2.45, 2.75) is 44.8 Å². The molecule has 1 aliphatic heterocycles. The van der Waals surface area contributed by atoms with E-state index in [1.54, 1.807) is 11.3 Å². The molecule has 5 heteroatoms. The minimum atomic E-state index is -0.524. The lowest BCUT2D eigenvalue weighted by atomic mass is 9.91. The molecule has 1 atom stereocenters. The van der Waals surface area contributed by atoms with Gasteiger partial charge < -0.3 is 5.11 Å². The van der Waals surface area contributed by atoms with Gasteiger partial charge in [-0.2, -0.15) is 5.10 Å². The van der Waals surface area contributed by atoms with Crippen molar-refractivity contribution in [2.24, 2.45) is 0 Å². The van der Waals surface area contributed by atoms with Crippen LogP contribution in [-0.2, 0) is 0 Å². The Labute approximate surface area is 157 Å². The number of thiophene rings is 1. The second kappa shape index (κ2) is 6.12. The van der Waals surface area contributed by atoms with Gasteiger partial charge in [0.25, 0.3) is 0 Å². The predicted octanol–water partition coefficient (Wildman–Crippen LogP) is 4.28. The van der Waals surface area contributed by atoms with Crippen LogP contribution in [0.2, 0.25) is 0 Å². The topological polar surface area (TPSA) is 49.3 Å². The Hall–Kier alpha value is -1.82. The summed E-state index contributed by atoms with van der Waals surface area (Å²) in [7, 11) is 0. The number of hydrogen-bond acceptors (Lipinski definition) is 5. The lowest BCUT2D eigenvalue weighted by Gasteiger charge is -2.42. The average molecular weight is 366 g/mol. The zero-order valence-corrected chi connectivity index (χ0v) is 16.0. The molecule has 2 aliphatic rings. The predicted molar refractivity (Wildman–Crippen MR) is 105 cm³/mol. The Morgan fingerprint density at radius 1 is 1.08 bits per heavy atom. The fourth-order valence-corrected chi connectivity index (χ4v) is 5.33. The third-order valence-electron chi connectivity index (χ3n) is 5.91. The van der Waals surface area contributed by atoms with E-state index >= 15 is 0 Å². The van der Waals surface area contributed by atoms with Crippen molar-refractivity contribution in [3.63, 3.8) is 0 Å². The van der Waals surface area contributed by atoms with Gasteiger partial charge in [0, 0.05) is 24.4 Å². The molecule has 1 saturated carbocycles. The summed E-state index contributed by atoms with van der Waals surface area (Å²) in [6.07, 6.45) is 1.92. The number of aryl methyl sites for hydroxylation is 2. The first-order valence-electron chi connectivity index (χ1n) is 9.36. The van der Waals surface area contributed by atoms with Crippen molar-refractivity contribution < 1.29 is 5.11 Å². The fourth-order valence-electron chi connectivity index (χ4n) is 4.04. The van der Waals surface area contributed by atoms with Gasteiger partial charge in [0.15, 0.2) is 0 Å². The van der Waals surface area contributed by atoms with Crippen molar-refractivity contribution in [3.8, 4) is 0 Å². The van der Waals surface area contributed by atoms with Gasteiger partial charge in [0.2, 0.25) is 0 Å². The molecule has 0 amide bonds. The minimum absolute atomic E-state index is 0.522. The molecule has 1 saturated heterocycles. The molecule has 3 heterocycles. The third-order valence-corrected chi connectivity index (χ3v) is 7.04. The van der Waals surface area contributed by atoms with E-state index in [1.165, 1.54) is 34.9 Å². The van der Waals surface area contributed by atoms with Gasteiger partial charge in [-0.25, -0.2) is 0 Å². The molecule has 1 aliphatic carbocycles. The number of benzene rings is 1. The number of aliphatic hydroxyl groups is 1. The van der Waals surface area contributed by atoms with Crippen LogP contribution in [0.5, 0.6) is 0 Å². The first-order valence-corrected chi connectivity index (χ1v) is 10.2. The van der Waals surface area contributed by atoms with E-state index in [4.69, 9.17) is 0 Å². The molecule has 0 bridgehead atoms. The van der Waals surface area contributed by atoms with E-state index < -0.39 is 6.23 Å². The maximum Gasteiger partial charge on any atom is 0.147 e. The standard InChI is InChI=1S/C21H23N3OS/c1-12-13(2)22-23-20-17(12)18(15-8-9-15)19(26-20)21(25)24-10-16(11-24)14-6-4-3-5-7-14/h3-7,15-16,21,25H,8-11H2,1-2H3. The van der Waals surface area contributed by atoms with Crippen molar-refractivity contribution in [2.75, 3.05) is 13.1 Å². The number of aliphatic hydroxyl groups excluding tert-OH is 1. The van der Waals surface area contributed by atoms with Gasteiger partial charge in [0.1, 0.15) is 11.1 Å². The average Bonchev–Trinajstić information content (AvgIpc) is 3.37. The number of hydrogen-bond donors (Lipinski definition) is 1. The Morgan fingerprint density at radius 2 is 1.81 bits per heavy atom. The van der Waals surface area contributed by atoms with Crippen LogP contribution >= 0.6 is 11.3 Å². The zero-order valence-electron chi connectivity index (χ0n) is 15.1. The third kappa shape index (κ3) is 2.57. The van der Waals surface area contributed by atoms with Crippen LogP contribution in [0.25, 0.3) is 10.2 Å². The summed E-state index contributed by atoms with van der Waals surface area (Å²) in [5.41, 5.74) is 4.92. The molecule has 2 fully saturated rings. The largest absolute Gasteiger partial charge is 0.373 e. The molecule has 3 aromatic rings. The number of aromatic nitrogens is 2. The van der Waals surface area contributed by atoms with Gasteiger partial charge in [-0.15, -0.1) is 16.4 Å². The Morgan fingerprint density at radius 3 is 2.50 bits per heavy atom. The van der Waals surface area contributed by atoms with E-state index in [0.717, 1.165) is 28.5 Å². The van der Waals surface area contributed by atoms with E-state index in [1.807, 2.05) is 6.92 Å². The maximum atomic E-state index is 11.1. The summed E-state index contributed by atoms with van der Waals surface area (Å²) < 4.78 is 0. The SMILES string of the molecule is Cc1nnc2sc(C(O)N3CC(c4ccccc4)C3)c(C3CC3)c2c1C. The molecule has 1 unspecified atom stereocenters. The normalized spacial score (nSPS) is 19.7.